The zero-order chi connectivity index (χ0) is 15.5. The summed E-state index contributed by atoms with van der Waals surface area (Å²) >= 11 is 1.11. The third-order valence-electron chi connectivity index (χ3n) is 2.88. The summed E-state index contributed by atoms with van der Waals surface area (Å²) in [6, 6.07) is 0. The molecule has 6 nitrogen and oxygen atoms in total. The standard InChI is InChI=1S/C12H21N3O3S2/c1-5-6-7-15(3)12-10(20(4,17)18)8(13)9(19-12)11(16)14-2/h5-7,13H2,1-4H3,(H,14,16). The van der Waals surface area contributed by atoms with Gasteiger partial charge in [0.05, 0.1) is 5.69 Å². The number of amides is 1. The Balaban J connectivity index is 3.39. The minimum absolute atomic E-state index is 0.0372. The molecule has 1 aromatic rings. The van der Waals surface area contributed by atoms with E-state index in [1.807, 2.05) is 11.9 Å². The van der Waals surface area contributed by atoms with Gasteiger partial charge in [-0.05, 0) is 6.42 Å². The van der Waals surface area contributed by atoms with E-state index in [2.05, 4.69) is 12.2 Å². The number of nitrogens with two attached hydrogens (primary N) is 1. The van der Waals surface area contributed by atoms with Crippen LogP contribution in [-0.2, 0) is 9.84 Å². The van der Waals surface area contributed by atoms with E-state index in [1.165, 1.54) is 7.05 Å². The quantitative estimate of drug-likeness (QED) is 0.825. The van der Waals surface area contributed by atoms with E-state index in [1.54, 1.807) is 0 Å². The van der Waals surface area contributed by atoms with Crippen LogP contribution in [0, 0.1) is 0 Å². The van der Waals surface area contributed by atoms with Gasteiger partial charge in [0.15, 0.2) is 9.84 Å². The van der Waals surface area contributed by atoms with E-state index < -0.39 is 9.84 Å². The molecule has 0 saturated heterocycles. The first kappa shape index (κ1) is 16.8. The molecule has 1 aromatic heterocycles. The number of thiophene rings is 1. The summed E-state index contributed by atoms with van der Waals surface area (Å²) in [5.41, 5.74) is 5.91. The van der Waals surface area contributed by atoms with Crippen molar-refractivity contribution in [2.24, 2.45) is 0 Å². The van der Waals surface area contributed by atoms with Gasteiger partial charge in [-0.15, -0.1) is 11.3 Å². The number of hydrogen-bond acceptors (Lipinski definition) is 6. The summed E-state index contributed by atoms with van der Waals surface area (Å²) < 4.78 is 23.9. The highest BCUT2D eigenvalue weighted by Gasteiger charge is 2.28. The number of nitrogens with one attached hydrogen (secondary N) is 1. The Morgan fingerprint density at radius 2 is 2.05 bits per heavy atom. The highest BCUT2D eigenvalue weighted by molar-refractivity contribution is 7.91. The van der Waals surface area contributed by atoms with Crippen molar-refractivity contribution < 1.29 is 13.2 Å². The number of hydrogen-bond donors (Lipinski definition) is 2. The van der Waals surface area contributed by atoms with Crippen LogP contribution in [-0.4, -0.2) is 41.2 Å². The molecule has 0 fully saturated rings. The average Bonchev–Trinajstić information content (AvgIpc) is 2.72. The second-order valence-corrected chi connectivity index (χ2v) is 7.56. The molecule has 1 heterocycles. The van der Waals surface area contributed by atoms with Crippen LogP contribution in [0.25, 0.3) is 0 Å². The predicted octanol–water partition coefficient (Wildman–Crippen LogP) is 1.33. The zero-order valence-electron chi connectivity index (χ0n) is 12.2. The lowest BCUT2D eigenvalue weighted by Crippen LogP contribution is -2.19. The number of nitrogens with zero attached hydrogens (tertiary/aromatic N) is 1. The number of unbranched alkanes of at least 4 members (excludes halogenated alkanes) is 1. The van der Waals surface area contributed by atoms with E-state index in [0.29, 0.717) is 11.5 Å². The second-order valence-electron chi connectivity index (χ2n) is 4.61. The van der Waals surface area contributed by atoms with Gasteiger partial charge in [-0.3, -0.25) is 4.79 Å². The van der Waals surface area contributed by atoms with Gasteiger partial charge in [0.25, 0.3) is 5.91 Å². The summed E-state index contributed by atoms with van der Waals surface area (Å²) in [5.74, 6) is -0.368. The molecule has 0 unspecified atom stereocenters. The molecule has 0 radical (unpaired) electrons. The van der Waals surface area contributed by atoms with Crippen LogP contribution in [0.5, 0.6) is 0 Å². The number of carbonyl (C=O) groups excluding carboxylic acids is 1. The fourth-order valence-corrected chi connectivity index (χ4v) is 4.47. The molecule has 114 valence electrons. The maximum atomic E-state index is 11.9. The fourth-order valence-electron chi connectivity index (χ4n) is 1.80. The first-order valence-corrected chi connectivity index (χ1v) is 9.00. The molecule has 0 aliphatic heterocycles. The molecular formula is C12H21N3O3S2. The molecule has 0 atom stereocenters. The van der Waals surface area contributed by atoms with Crippen molar-refractivity contribution in [3.8, 4) is 0 Å². The number of anilines is 2. The second kappa shape index (κ2) is 6.45. The Morgan fingerprint density at radius 1 is 1.45 bits per heavy atom. The molecule has 0 saturated carbocycles. The fraction of sp³-hybridized carbons (Fsp3) is 0.583. The van der Waals surface area contributed by atoms with Gasteiger partial charge in [-0.1, -0.05) is 13.3 Å². The van der Waals surface area contributed by atoms with Crippen LogP contribution in [0.1, 0.15) is 29.4 Å². The number of carbonyl (C=O) groups is 1. The Kier molecular flexibility index (Phi) is 5.41. The highest BCUT2D eigenvalue weighted by atomic mass is 32.2. The van der Waals surface area contributed by atoms with Crippen molar-refractivity contribution in [2.75, 3.05) is 37.5 Å². The van der Waals surface area contributed by atoms with E-state index in [0.717, 1.165) is 30.4 Å². The highest BCUT2D eigenvalue weighted by Crippen LogP contribution is 2.41. The summed E-state index contributed by atoms with van der Waals surface area (Å²) in [6.45, 7) is 2.77. The zero-order valence-corrected chi connectivity index (χ0v) is 13.8. The Bertz CT molecular complexity index is 593. The van der Waals surface area contributed by atoms with Crippen LogP contribution in [0.3, 0.4) is 0 Å². The van der Waals surface area contributed by atoms with Gasteiger partial charge in [0.1, 0.15) is 14.8 Å². The van der Waals surface area contributed by atoms with Crippen molar-refractivity contribution in [1.82, 2.24) is 5.32 Å². The van der Waals surface area contributed by atoms with E-state index in [-0.39, 0.29) is 21.4 Å². The van der Waals surface area contributed by atoms with Gasteiger partial charge in [-0.25, -0.2) is 8.42 Å². The van der Waals surface area contributed by atoms with Crippen LogP contribution in [0.15, 0.2) is 4.90 Å². The normalized spacial score (nSPS) is 11.4. The number of rotatable bonds is 6. The van der Waals surface area contributed by atoms with Gasteiger partial charge < -0.3 is 16.0 Å². The maximum Gasteiger partial charge on any atom is 0.263 e. The molecule has 0 spiro atoms. The maximum absolute atomic E-state index is 11.9. The summed E-state index contributed by atoms with van der Waals surface area (Å²) in [7, 11) is -0.194. The smallest absolute Gasteiger partial charge is 0.263 e. The summed E-state index contributed by atoms with van der Waals surface area (Å²) in [6.07, 6.45) is 3.05. The molecule has 1 amide bonds. The van der Waals surface area contributed by atoms with Crippen LogP contribution >= 0.6 is 11.3 Å². The van der Waals surface area contributed by atoms with Gasteiger partial charge in [0.2, 0.25) is 0 Å². The molecule has 0 aromatic carbocycles. The largest absolute Gasteiger partial charge is 0.396 e. The average molecular weight is 319 g/mol. The topological polar surface area (TPSA) is 92.5 Å². The van der Waals surface area contributed by atoms with Crippen LogP contribution < -0.4 is 16.0 Å². The van der Waals surface area contributed by atoms with Crippen LogP contribution in [0.4, 0.5) is 10.7 Å². The third kappa shape index (κ3) is 3.43. The van der Waals surface area contributed by atoms with E-state index in [9.17, 15) is 13.2 Å². The van der Waals surface area contributed by atoms with E-state index in [4.69, 9.17) is 5.73 Å². The Hall–Kier alpha value is -1.28. The lowest BCUT2D eigenvalue weighted by molar-refractivity contribution is 0.0968. The van der Waals surface area contributed by atoms with Crippen molar-refractivity contribution >= 4 is 37.8 Å². The SMILES string of the molecule is CCCCN(C)c1sc(C(=O)NC)c(N)c1S(C)(=O)=O. The molecule has 0 aliphatic carbocycles. The minimum Gasteiger partial charge on any atom is -0.396 e. The monoisotopic (exact) mass is 319 g/mol. The van der Waals surface area contributed by atoms with Crippen molar-refractivity contribution in [2.45, 2.75) is 24.7 Å². The third-order valence-corrected chi connectivity index (χ3v) is 5.48. The molecule has 0 aliphatic rings. The summed E-state index contributed by atoms with van der Waals surface area (Å²) in [4.78, 5) is 13.9. The van der Waals surface area contributed by atoms with E-state index >= 15 is 0 Å². The molecule has 0 bridgehead atoms. The number of nitrogen functional groups attached to an aromatic ring is 1. The first-order chi connectivity index (χ1) is 9.23. The number of sulfone groups is 1. The molecular weight excluding hydrogens is 298 g/mol. The lowest BCUT2D eigenvalue weighted by atomic mass is 10.3. The van der Waals surface area contributed by atoms with Gasteiger partial charge >= 0.3 is 0 Å². The Morgan fingerprint density at radius 3 is 2.50 bits per heavy atom. The molecule has 8 heteroatoms. The van der Waals surface area contributed by atoms with Crippen molar-refractivity contribution in [3.63, 3.8) is 0 Å². The Labute approximate surface area is 123 Å². The van der Waals surface area contributed by atoms with Gasteiger partial charge in [0, 0.05) is 26.9 Å². The van der Waals surface area contributed by atoms with Gasteiger partial charge in [-0.2, -0.15) is 0 Å². The van der Waals surface area contributed by atoms with Crippen molar-refractivity contribution in [1.29, 1.82) is 0 Å². The molecule has 1 rings (SSSR count). The van der Waals surface area contributed by atoms with Crippen molar-refractivity contribution in [3.05, 3.63) is 4.88 Å². The first-order valence-electron chi connectivity index (χ1n) is 6.29. The predicted molar refractivity (Wildman–Crippen MR) is 83.4 cm³/mol. The lowest BCUT2D eigenvalue weighted by Gasteiger charge is -2.18. The molecule has 3 N–H and O–H groups in total. The minimum atomic E-state index is -3.49. The summed E-state index contributed by atoms with van der Waals surface area (Å²) in [5, 5.41) is 3.00. The van der Waals surface area contributed by atoms with Crippen LogP contribution in [0.2, 0.25) is 0 Å². The molecule has 20 heavy (non-hydrogen) atoms.